The summed E-state index contributed by atoms with van der Waals surface area (Å²) in [6.45, 7) is 2.26. The number of halogens is 2. The quantitative estimate of drug-likeness (QED) is 0.431. The Kier molecular flexibility index (Phi) is 5.90. The molecule has 0 aliphatic heterocycles. The molecule has 23 heavy (non-hydrogen) atoms. The summed E-state index contributed by atoms with van der Waals surface area (Å²) in [5.74, 6) is 0. The number of benzene rings is 3. The predicted molar refractivity (Wildman–Crippen MR) is 100 cm³/mol. The molecular formula is C20H17Cl2Zr. The van der Waals surface area contributed by atoms with Crippen LogP contribution in [0.5, 0.6) is 0 Å². The van der Waals surface area contributed by atoms with Crippen LogP contribution in [-0.4, -0.2) is 0 Å². The van der Waals surface area contributed by atoms with Crippen molar-refractivity contribution in [2.24, 2.45) is 0 Å². The minimum absolute atomic E-state index is 0. The third-order valence-electron chi connectivity index (χ3n) is 4.36. The second-order valence-electron chi connectivity index (χ2n) is 5.66. The Morgan fingerprint density at radius 2 is 1.43 bits per heavy atom. The van der Waals surface area contributed by atoms with Crippen LogP contribution in [0.3, 0.4) is 0 Å². The molecule has 0 fully saturated rings. The SMILES string of the molecule is CC1=Cc2c(-c3cccc4ccccc34)cccc2[CH]1[Zr].Cl.Cl. The number of allylic oxidation sites excluding steroid dienone is 1. The zero-order valence-electron chi connectivity index (χ0n) is 12.7. The van der Waals surface area contributed by atoms with Gasteiger partial charge in [-0.15, -0.1) is 24.8 Å². The van der Waals surface area contributed by atoms with E-state index in [0.29, 0.717) is 3.63 Å². The molecule has 3 aromatic carbocycles. The van der Waals surface area contributed by atoms with Gasteiger partial charge in [-0.2, -0.15) is 0 Å². The Labute approximate surface area is 164 Å². The van der Waals surface area contributed by atoms with Crippen molar-refractivity contribution in [3.8, 4) is 11.1 Å². The molecule has 0 heterocycles. The second-order valence-corrected chi connectivity index (χ2v) is 7.08. The van der Waals surface area contributed by atoms with Crippen LogP contribution in [0.2, 0.25) is 0 Å². The Bertz CT molecular complexity index is 878. The average Bonchev–Trinajstić information content (AvgIpc) is 2.82. The van der Waals surface area contributed by atoms with Crippen LogP contribution in [-0.2, 0) is 24.7 Å². The summed E-state index contributed by atoms with van der Waals surface area (Å²) in [6.07, 6.45) is 2.38. The topological polar surface area (TPSA) is 0 Å². The van der Waals surface area contributed by atoms with Gasteiger partial charge in [0.15, 0.2) is 0 Å². The summed E-state index contributed by atoms with van der Waals surface area (Å²) in [7, 11) is 0. The molecule has 4 rings (SSSR count). The van der Waals surface area contributed by atoms with Crippen molar-refractivity contribution in [3.63, 3.8) is 0 Å². The second kappa shape index (κ2) is 7.35. The number of fused-ring (bicyclic) bond motifs is 2. The van der Waals surface area contributed by atoms with Crippen molar-refractivity contribution in [1.29, 1.82) is 0 Å². The Morgan fingerprint density at radius 1 is 0.783 bits per heavy atom. The van der Waals surface area contributed by atoms with Gasteiger partial charge >= 0.3 is 141 Å². The maximum absolute atomic E-state index is 2.38. The Hall–Kier alpha value is -0.877. The Balaban J connectivity index is 0.000000960. The van der Waals surface area contributed by atoms with Gasteiger partial charge in [0.2, 0.25) is 0 Å². The summed E-state index contributed by atoms with van der Waals surface area (Å²) >= 11 is 1.58. The molecule has 0 bridgehead atoms. The van der Waals surface area contributed by atoms with Crippen LogP contribution < -0.4 is 0 Å². The van der Waals surface area contributed by atoms with Gasteiger partial charge in [0.1, 0.15) is 0 Å². The monoisotopic (exact) mass is 417 g/mol. The summed E-state index contributed by atoms with van der Waals surface area (Å²) in [5, 5.41) is 2.65. The number of rotatable bonds is 1. The fourth-order valence-electron chi connectivity index (χ4n) is 3.25. The summed E-state index contributed by atoms with van der Waals surface area (Å²) < 4.78 is 0.627. The van der Waals surface area contributed by atoms with Crippen LogP contribution in [0.1, 0.15) is 21.7 Å². The molecule has 1 atom stereocenters. The smallest absolute Gasteiger partial charge is 0.147 e. The fraction of sp³-hybridized carbons (Fsp3) is 0.100. The number of hydrogen-bond acceptors (Lipinski definition) is 0. The molecule has 0 aromatic heterocycles. The molecule has 1 aliphatic rings. The van der Waals surface area contributed by atoms with Gasteiger partial charge in [-0.1, -0.05) is 0 Å². The number of hydrogen-bond donors (Lipinski definition) is 0. The first-order valence-corrected chi connectivity index (χ1v) is 8.68. The minimum Gasteiger partial charge on any atom is -0.147 e. The molecule has 0 radical (unpaired) electrons. The molecule has 1 unspecified atom stereocenters. The minimum atomic E-state index is 0. The van der Waals surface area contributed by atoms with Gasteiger partial charge in [0.25, 0.3) is 0 Å². The van der Waals surface area contributed by atoms with Crippen LogP contribution in [0, 0.1) is 0 Å². The average molecular weight is 419 g/mol. The zero-order chi connectivity index (χ0) is 14.4. The van der Waals surface area contributed by atoms with Crippen LogP contribution in [0.15, 0.2) is 66.2 Å². The first-order valence-electron chi connectivity index (χ1n) is 7.26. The molecule has 1 aliphatic carbocycles. The van der Waals surface area contributed by atoms with E-state index < -0.39 is 0 Å². The standard InChI is InChI=1S/C20H15.2ClH.Zr/c1-14-12-16-8-5-11-19(20(16)13-14)18-10-4-7-15-6-2-3-9-17(15)18;;;/h2-13H,1H3;2*1H;. The summed E-state index contributed by atoms with van der Waals surface area (Å²) in [6, 6.07) is 22.0. The van der Waals surface area contributed by atoms with Crippen molar-refractivity contribution < 1.29 is 24.7 Å². The molecule has 0 N–H and O–H groups in total. The van der Waals surface area contributed by atoms with Gasteiger partial charge < -0.3 is 0 Å². The zero-order valence-corrected chi connectivity index (χ0v) is 16.8. The molecule has 0 spiro atoms. The molecule has 0 saturated carbocycles. The molecule has 3 heteroatoms. The normalized spacial score (nSPS) is 15.3. The summed E-state index contributed by atoms with van der Waals surface area (Å²) in [5.41, 5.74) is 7.13. The predicted octanol–water partition coefficient (Wildman–Crippen LogP) is 6.36. The van der Waals surface area contributed by atoms with Gasteiger partial charge in [0, 0.05) is 0 Å². The van der Waals surface area contributed by atoms with Crippen molar-refractivity contribution in [2.75, 3.05) is 0 Å². The molecule has 115 valence electrons. The van der Waals surface area contributed by atoms with E-state index >= 15 is 0 Å². The van der Waals surface area contributed by atoms with Crippen molar-refractivity contribution >= 4 is 41.7 Å². The molecule has 3 aromatic rings. The van der Waals surface area contributed by atoms with Crippen molar-refractivity contribution in [2.45, 2.75) is 10.5 Å². The van der Waals surface area contributed by atoms with E-state index in [9.17, 15) is 0 Å². The van der Waals surface area contributed by atoms with Gasteiger partial charge in [0.05, 0.1) is 0 Å². The van der Waals surface area contributed by atoms with Gasteiger partial charge in [-0.25, -0.2) is 0 Å². The van der Waals surface area contributed by atoms with E-state index in [1.54, 1.807) is 24.7 Å². The Morgan fingerprint density at radius 3 is 2.26 bits per heavy atom. The van der Waals surface area contributed by atoms with E-state index in [-0.39, 0.29) is 24.8 Å². The van der Waals surface area contributed by atoms with E-state index in [4.69, 9.17) is 0 Å². The van der Waals surface area contributed by atoms with Crippen LogP contribution in [0.4, 0.5) is 0 Å². The van der Waals surface area contributed by atoms with E-state index in [1.807, 2.05) is 0 Å². The van der Waals surface area contributed by atoms with E-state index in [1.165, 1.54) is 38.6 Å². The van der Waals surface area contributed by atoms with Gasteiger partial charge in [-0.3, -0.25) is 0 Å². The van der Waals surface area contributed by atoms with Crippen LogP contribution >= 0.6 is 24.8 Å². The first-order chi connectivity index (χ1) is 10.3. The molecular weight excluding hydrogens is 402 g/mol. The summed E-state index contributed by atoms with van der Waals surface area (Å²) in [4.78, 5) is 0. The third kappa shape index (κ3) is 3.07. The fourth-order valence-corrected chi connectivity index (χ4v) is 4.07. The molecule has 0 saturated heterocycles. The maximum atomic E-state index is 2.38. The van der Waals surface area contributed by atoms with E-state index in [2.05, 4.69) is 73.7 Å². The molecule has 0 nitrogen and oxygen atoms in total. The molecule has 0 amide bonds. The van der Waals surface area contributed by atoms with Crippen LogP contribution in [0.25, 0.3) is 28.0 Å². The first kappa shape index (κ1) is 18.5. The van der Waals surface area contributed by atoms with Crippen molar-refractivity contribution in [3.05, 3.63) is 77.4 Å². The van der Waals surface area contributed by atoms with Gasteiger partial charge in [-0.05, 0) is 0 Å². The largest absolute Gasteiger partial charge is 0.147 e. The third-order valence-corrected chi connectivity index (χ3v) is 6.24. The van der Waals surface area contributed by atoms with E-state index in [0.717, 1.165) is 0 Å². The maximum Gasteiger partial charge on any atom is -0.147 e. The van der Waals surface area contributed by atoms with Crippen molar-refractivity contribution in [1.82, 2.24) is 0 Å².